The van der Waals surface area contributed by atoms with Gasteiger partial charge in [-0.15, -0.1) is 0 Å². The minimum absolute atomic E-state index is 0.0608. The molecule has 2 rings (SSSR count). The van der Waals surface area contributed by atoms with Crippen molar-refractivity contribution in [3.63, 3.8) is 0 Å². The number of hydrogen-bond donors (Lipinski definition) is 1. The molecule has 0 radical (unpaired) electrons. The van der Waals surface area contributed by atoms with Gasteiger partial charge in [0.05, 0.1) is 6.54 Å². The molecule has 1 aromatic carbocycles. The van der Waals surface area contributed by atoms with E-state index in [1.54, 1.807) is 4.90 Å². The summed E-state index contributed by atoms with van der Waals surface area (Å²) >= 11 is 3.44. The van der Waals surface area contributed by atoms with Gasteiger partial charge < -0.3 is 10.2 Å². The van der Waals surface area contributed by atoms with Crippen LogP contribution in [0.15, 0.2) is 16.6 Å². The first-order valence-corrected chi connectivity index (χ1v) is 6.62. The van der Waals surface area contributed by atoms with E-state index in [0.717, 1.165) is 21.3 Å². The zero-order chi connectivity index (χ0) is 13.3. The summed E-state index contributed by atoms with van der Waals surface area (Å²) in [4.78, 5) is 25.1. The lowest BCUT2D eigenvalue weighted by Gasteiger charge is -2.24. The number of benzene rings is 1. The molecule has 0 atom stereocenters. The monoisotopic (exact) mass is 310 g/mol. The van der Waals surface area contributed by atoms with E-state index in [1.807, 2.05) is 26.0 Å². The number of rotatable bonds is 1. The minimum Gasteiger partial charge on any atom is -0.347 e. The summed E-state index contributed by atoms with van der Waals surface area (Å²) in [7, 11) is 0. The zero-order valence-electron chi connectivity index (χ0n) is 10.4. The zero-order valence-corrected chi connectivity index (χ0v) is 12.0. The van der Waals surface area contributed by atoms with Crippen molar-refractivity contribution >= 4 is 33.4 Å². The van der Waals surface area contributed by atoms with Crippen LogP contribution in [0.5, 0.6) is 0 Å². The summed E-state index contributed by atoms with van der Waals surface area (Å²) in [5.41, 5.74) is 2.98. The summed E-state index contributed by atoms with van der Waals surface area (Å²) in [6.45, 7) is 4.46. The van der Waals surface area contributed by atoms with Crippen LogP contribution in [0.3, 0.4) is 0 Å². The largest absolute Gasteiger partial charge is 0.347 e. The highest BCUT2D eigenvalue weighted by Gasteiger charge is 2.23. The van der Waals surface area contributed by atoms with Crippen LogP contribution in [0.1, 0.15) is 17.5 Å². The van der Waals surface area contributed by atoms with E-state index in [4.69, 9.17) is 0 Å². The Kier molecular flexibility index (Phi) is 3.71. The van der Waals surface area contributed by atoms with E-state index in [2.05, 4.69) is 21.2 Å². The lowest BCUT2D eigenvalue weighted by Crippen LogP contribution is -2.36. The average Bonchev–Trinajstić information content (AvgIpc) is 2.43. The second-order valence-corrected chi connectivity index (χ2v) is 5.38. The van der Waals surface area contributed by atoms with Crippen LogP contribution in [-0.4, -0.2) is 24.9 Å². The van der Waals surface area contributed by atoms with Crippen molar-refractivity contribution in [3.05, 3.63) is 27.7 Å². The smallest absolute Gasteiger partial charge is 0.246 e. The molecule has 0 unspecified atom stereocenters. The van der Waals surface area contributed by atoms with Gasteiger partial charge in [-0.3, -0.25) is 9.59 Å². The number of aryl methyl sites for hydroxylation is 2. The normalized spacial score (nSPS) is 16.5. The molecule has 4 nitrogen and oxygen atoms in total. The van der Waals surface area contributed by atoms with Crippen molar-refractivity contribution in [3.8, 4) is 0 Å². The van der Waals surface area contributed by atoms with Gasteiger partial charge in [0.15, 0.2) is 0 Å². The lowest BCUT2D eigenvalue weighted by molar-refractivity contribution is -0.123. The molecule has 1 aliphatic heterocycles. The van der Waals surface area contributed by atoms with Crippen molar-refractivity contribution in [1.82, 2.24) is 5.32 Å². The highest BCUT2D eigenvalue weighted by Crippen LogP contribution is 2.29. The first-order chi connectivity index (χ1) is 8.49. The summed E-state index contributed by atoms with van der Waals surface area (Å²) in [6, 6.07) is 3.96. The van der Waals surface area contributed by atoms with Crippen LogP contribution in [0, 0.1) is 13.8 Å². The van der Waals surface area contributed by atoms with E-state index < -0.39 is 0 Å². The van der Waals surface area contributed by atoms with Crippen molar-refractivity contribution in [2.45, 2.75) is 20.3 Å². The third kappa shape index (κ3) is 2.56. The predicted octanol–water partition coefficient (Wildman–Crippen LogP) is 1.92. The van der Waals surface area contributed by atoms with Crippen LogP contribution in [0.25, 0.3) is 0 Å². The number of nitrogens with zero attached hydrogens (tertiary/aromatic N) is 1. The number of carbonyl (C=O) groups is 2. The molecule has 1 fully saturated rings. The number of carbonyl (C=O) groups excluding carboxylic acids is 2. The van der Waals surface area contributed by atoms with Crippen molar-refractivity contribution in [2.24, 2.45) is 0 Å². The Balaban J connectivity index is 2.41. The predicted molar refractivity (Wildman–Crippen MR) is 73.6 cm³/mol. The highest BCUT2D eigenvalue weighted by atomic mass is 79.9. The fraction of sp³-hybridized carbons (Fsp3) is 0.385. The molecule has 18 heavy (non-hydrogen) atoms. The van der Waals surface area contributed by atoms with E-state index in [-0.39, 0.29) is 18.4 Å². The molecule has 96 valence electrons. The van der Waals surface area contributed by atoms with Gasteiger partial charge in [0, 0.05) is 23.1 Å². The molecule has 1 saturated heterocycles. The number of nitrogens with one attached hydrogen (secondary N) is 1. The van der Waals surface area contributed by atoms with E-state index in [0.29, 0.717) is 13.0 Å². The van der Waals surface area contributed by atoms with Crippen molar-refractivity contribution in [1.29, 1.82) is 0 Å². The Bertz CT molecular complexity index is 491. The van der Waals surface area contributed by atoms with Gasteiger partial charge in [-0.05, 0) is 37.1 Å². The molecule has 0 bridgehead atoms. The van der Waals surface area contributed by atoms with Crippen LogP contribution in [-0.2, 0) is 9.59 Å². The molecule has 1 heterocycles. The Morgan fingerprint density at radius 3 is 2.44 bits per heavy atom. The van der Waals surface area contributed by atoms with Gasteiger partial charge in [0.1, 0.15) is 0 Å². The maximum Gasteiger partial charge on any atom is 0.246 e. The number of anilines is 1. The molecule has 1 aliphatic rings. The molecule has 2 amide bonds. The SMILES string of the molecule is Cc1cc(Br)cc(C)c1N1CCC(=O)NCC1=O. The van der Waals surface area contributed by atoms with Crippen molar-refractivity contribution in [2.75, 3.05) is 18.0 Å². The highest BCUT2D eigenvalue weighted by molar-refractivity contribution is 9.10. The molecule has 0 aliphatic carbocycles. The molecule has 1 N–H and O–H groups in total. The molecule has 1 aromatic rings. The van der Waals surface area contributed by atoms with Crippen LogP contribution >= 0.6 is 15.9 Å². The Morgan fingerprint density at radius 1 is 1.22 bits per heavy atom. The Labute approximate surface area is 114 Å². The minimum atomic E-state index is -0.0710. The molecular weight excluding hydrogens is 296 g/mol. The quantitative estimate of drug-likeness (QED) is 0.861. The van der Waals surface area contributed by atoms with Gasteiger partial charge >= 0.3 is 0 Å². The molecule has 0 saturated carbocycles. The first kappa shape index (κ1) is 13.1. The average molecular weight is 311 g/mol. The number of amides is 2. The maximum atomic E-state index is 12.0. The third-order valence-electron chi connectivity index (χ3n) is 3.03. The van der Waals surface area contributed by atoms with Crippen LogP contribution in [0.2, 0.25) is 0 Å². The van der Waals surface area contributed by atoms with E-state index >= 15 is 0 Å². The van der Waals surface area contributed by atoms with Gasteiger partial charge in [0.2, 0.25) is 11.8 Å². The topological polar surface area (TPSA) is 49.4 Å². The summed E-state index contributed by atoms with van der Waals surface area (Å²) in [5.74, 6) is -0.132. The Hall–Kier alpha value is -1.36. The van der Waals surface area contributed by atoms with Gasteiger partial charge in [-0.1, -0.05) is 15.9 Å². The standard InChI is InChI=1S/C13H15BrN2O2/c1-8-5-10(14)6-9(2)13(8)16-4-3-11(17)15-7-12(16)18/h5-6H,3-4,7H2,1-2H3,(H,15,17). The summed E-state index contributed by atoms with van der Waals surface area (Å²) < 4.78 is 0.998. The second kappa shape index (κ2) is 5.10. The maximum absolute atomic E-state index is 12.0. The van der Waals surface area contributed by atoms with Gasteiger partial charge in [-0.2, -0.15) is 0 Å². The summed E-state index contributed by atoms with van der Waals surface area (Å²) in [5, 5.41) is 2.60. The molecule has 5 heteroatoms. The molecule has 0 spiro atoms. The van der Waals surface area contributed by atoms with E-state index in [9.17, 15) is 9.59 Å². The van der Waals surface area contributed by atoms with Crippen LogP contribution in [0.4, 0.5) is 5.69 Å². The Morgan fingerprint density at radius 2 is 1.83 bits per heavy atom. The van der Waals surface area contributed by atoms with Crippen LogP contribution < -0.4 is 10.2 Å². The van der Waals surface area contributed by atoms with Gasteiger partial charge in [-0.25, -0.2) is 0 Å². The van der Waals surface area contributed by atoms with Crippen molar-refractivity contribution < 1.29 is 9.59 Å². The fourth-order valence-electron chi connectivity index (χ4n) is 2.26. The lowest BCUT2D eigenvalue weighted by atomic mass is 10.1. The summed E-state index contributed by atoms with van der Waals surface area (Å²) in [6.07, 6.45) is 0.348. The molecular formula is C13H15BrN2O2. The first-order valence-electron chi connectivity index (χ1n) is 5.83. The van der Waals surface area contributed by atoms with E-state index in [1.165, 1.54) is 0 Å². The van der Waals surface area contributed by atoms with Gasteiger partial charge in [0.25, 0.3) is 0 Å². The molecule has 0 aromatic heterocycles. The fourth-order valence-corrected chi connectivity index (χ4v) is 2.95. The second-order valence-electron chi connectivity index (χ2n) is 4.46. The number of hydrogen-bond acceptors (Lipinski definition) is 2. The number of halogens is 1. The third-order valence-corrected chi connectivity index (χ3v) is 3.48.